The van der Waals surface area contributed by atoms with E-state index in [0.717, 1.165) is 6.42 Å². The molecule has 4 rings (SSSR count). The largest absolute Gasteiger partial charge is 0.497 e. The first-order valence-corrected chi connectivity index (χ1v) is 13.4. The van der Waals surface area contributed by atoms with E-state index in [0.29, 0.717) is 43.5 Å². The molecule has 2 amide bonds. The summed E-state index contributed by atoms with van der Waals surface area (Å²) in [4.78, 5) is 44.6. The summed E-state index contributed by atoms with van der Waals surface area (Å²) in [7, 11) is 1.57. The normalized spacial score (nSPS) is 27.2. The third kappa shape index (κ3) is 4.97. The van der Waals surface area contributed by atoms with Crippen LogP contribution in [0.4, 0.5) is 5.69 Å². The van der Waals surface area contributed by atoms with Gasteiger partial charge in [0.1, 0.15) is 17.4 Å². The van der Waals surface area contributed by atoms with Crippen LogP contribution in [-0.2, 0) is 23.9 Å². The van der Waals surface area contributed by atoms with Crippen LogP contribution in [-0.4, -0.2) is 79.0 Å². The molecule has 9 nitrogen and oxygen atoms in total. The molecule has 38 heavy (non-hydrogen) atoms. The number of likely N-dealkylation sites (tertiary alicyclic amines) is 1. The van der Waals surface area contributed by atoms with E-state index in [4.69, 9.17) is 14.2 Å². The summed E-state index contributed by atoms with van der Waals surface area (Å²) in [5.41, 5.74) is -0.460. The summed E-state index contributed by atoms with van der Waals surface area (Å²) < 4.78 is 17.3. The van der Waals surface area contributed by atoms with Crippen LogP contribution < -0.4 is 9.64 Å². The third-order valence-electron chi connectivity index (χ3n) is 7.87. The zero-order chi connectivity index (χ0) is 27.3. The van der Waals surface area contributed by atoms with E-state index in [9.17, 15) is 19.5 Å². The van der Waals surface area contributed by atoms with Gasteiger partial charge in [-0.1, -0.05) is 12.2 Å². The number of nitrogens with zero attached hydrogens (tertiary/aromatic N) is 2. The number of unbranched alkanes of at least 4 members (excludes halogenated alkanes) is 2. The Kier molecular flexibility index (Phi) is 8.89. The van der Waals surface area contributed by atoms with Crippen molar-refractivity contribution in [2.75, 3.05) is 38.3 Å². The molecule has 2 bridgehead atoms. The average Bonchev–Trinajstić information content (AvgIpc) is 3.57. The monoisotopic (exact) mass is 526 g/mol. The van der Waals surface area contributed by atoms with Gasteiger partial charge in [0.2, 0.25) is 5.91 Å². The van der Waals surface area contributed by atoms with E-state index in [1.807, 2.05) is 0 Å². The van der Waals surface area contributed by atoms with E-state index in [2.05, 4.69) is 13.2 Å². The molecule has 0 aromatic heterocycles. The lowest BCUT2D eigenvalue weighted by molar-refractivity contribution is -0.155. The van der Waals surface area contributed by atoms with Gasteiger partial charge in [-0.05, 0) is 62.8 Å². The van der Waals surface area contributed by atoms with Crippen molar-refractivity contribution < 1.29 is 33.7 Å². The molecule has 1 N–H and O–H groups in total. The number of hydrogen-bond acceptors (Lipinski definition) is 7. The number of carbonyl (C=O) groups is 3. The molecule has 1 spiro atoms. The molecule has 3 saturated heterocycles. The van der Waals surface area contributed by atoms with Gasteiger partial charge >= 0.3 is 5.97 Å². The first-order chi connectivity index (χ1) is 18.4. The molecular formula is C29H38N2O7. The predicted octanol–water partition coefficient (Wildman–Crippen LogP) is 2.87. The molecule has 3 heterocycles. The van der Waals surface area contributed by atoms with Crippen molar-refractivity contribution in [3.05, 3.63) is 49.6 Å². The fourth-order valence-corrected chi connectivity index (χ4v) is 6.19. The Bertz CT molecular complexity index is 1040. The maximum atomic E-state index is 14.3. The molecule has 2 unspecified atom stereocenters. The van der Waals surface area contributed by atoms with Crippen LogP contribution in [0, 0.1) is 11.8 Å². The molecule has 0 radical (unpaired) electrons. The number of allylic oxidation sites excluding steroid dienone is 1. The number of aliphatic hydroxyl groups is 1. The molecule has 3 aliphatic heterocycles. The molecule has 5 atom stereocenters. The van der Waals surface area contributed by atoms with Crippen LogP contribution in [0.25, 0.3) is 0 Å². The number of ether oxygens (including phenoxy) is 3. The minimum Gasteiger partial charge on any atom is -0.497 e. The molecule has 1 aromatic carbocycles. The van der Waals surface area contributed by atoms with Crippen molar-refractivity contribution in [3.63, 3.8) is 0 Å². The second-order valence-corrected chi connectivity index (χ2v) is 10.1. The second-order valence-electron chi connectivity index (χ2n) is 10.1. The highest BCUT2D eigenvalue weighted by Gasteiger charge is 2.75. The van der Waals surface area contributed by atoms with Gasteiger partial charge in [-0.25, -0.2) is 0 Å². The maximum absolute atomic E-state index is 14.3. The molecule has 1 aromatic rings. The number of fused-ring (bicyclic) bond motifs is 1. The molecule has 206 valence electrons. The van der Waals surface area contributed by atoms with Gasteiger partial charge in [-0.2, -0.15) is 0 Å². The third-order valence-corrected chi connectivity index (χ3v) is 7.87. The number of benzene rings is 1. The number of hydrogen-bond donors (Lipinski definition) is 1. The summed E-state index contributed by atoms with van der Waals surface area (Å²) in [6.45, 7) is 8.27. The van der Waals surface area contributed by atoms with Crippen molar-refractivity contribution in [1.82, 2.24) is 4.90 Å². The highest BCUT2D eigenvalue weighted by atomic mass is 16.6. The second kappa shape index (κ2) is 12.1. The SMILES string of the molecule is C=CCCCOC(=O)[C@@H]1[C@H]2C(=O)N(CCCCO)C(C(=O)N(CC=C)c3ccc(OC)cc3)C23CC[C@H]1O3. The summed E-state index contributed by atoms with van der Waals surface area (Å²) in [5.74, 6) is -1.85. The first-order valence-electron chi connectivity index (χ1n) is 13.4. The van der Waals surface area contributed by atoms with Crippen LogP contribution >= 0.6 is 0 Å². The predicted molar refractivity (Wildman–Crippen MR) is 142 cm³/mol. The van der Waals surface area contributed by atoms with Crippen molar-refractivity contribution >= 4 is 23.5 Å². The van der Waals surface area contributed by atoms with Gasteiger partial charge in [0.25, 0.3) is 5.91 Å². The smallest absolute Gasteiger partial charge is 0.312 e. The fraction of sp³-hybridized carbons (Fsp3) is 0.552. The molecule has 3 aliphatic rings. The highest BCUT2D eigenvalue weighted by Crippen LogP contribution is 2.59. The Morgan fingerprint density at radius 3 is 2.63 bits per heavy atom. The van der Waals surface area contributed by atoms with Gasteiger partial charge in [-0.3, -0.25) is 14.4 Å². The van der Waals surface area contributed by atoms with Gasteiger partial charge in [0.05, 0.1) is 31.7 Å². The van der Waals surface area contributed by atoms with E-state index in [-0.39, 0.29) is 38.1 Å². The van der Waals surface area contributed by atoms with Gasteiger partial charge in [0.15, 0.2) is 0 Å². The van der Waals surface area contributed by atoms with Gasteiger partial charge in [0, 0.05) is 25.4 Å². The first kappa shape index (κ1) is 27.9. The van der Waals surface area contributed by atoms with Crippen LogP contribution in [0.3, 0.4) is 0 Å². The van der Waals surface area contributed by atoms with Crippen LogP contribution in [0.5, 0.6) is 5.75 Å². The standard InChI is InChI=1S/C29H38N2O7/c1-4-6-9-19-37-28(35)23-22-14-15-29(38-22)24(23)26(33)31(17-7-8-18-32)25(29)27(34)30(16-5-2)20-10-12-21(36-3)13-11-20/h4-5,10-13,22-25,32H,1-2,6-9,14-19H2,3H3/t22-,23+,24+,25?,29?/m1/s1. The Morgan fingerprint density at radius 2 is 1.97 bits per heavy atom. The van der Waals surface area contributed by atoms with Crippen molar-refractivity contribution in [3.8, 4) is 5.75 Å². The zero-order valence-corrected chi connectivity index (χ0v) is 22.0. The van der Waals surface area contributed by atoms with Crippen molar-refractivity contribution in [1.29, 1.82) is 0 Å². The highest BCUT2D eigenvalue weighted by molar-refractivity contribution is 6.04. The number of rotatable bonds is 14. The lowest BCUT2D eigenvalue weighted by atomic mass is 9.70. The Hall–Kier alpha value is -3.17. The van der Waals surface area contributed by atoms with E-state index >= 15 is 0 Å². The molecular weight excluding hydrogens is 488 g/mol. The lowest BCUT2D eigenvalue weighted by Gasteiger charge is -2.36. The van der Waals surface area contributed by atoms with Crippen LogP contribution in [0.15, 0.2) is 49.6 Å². The van der Waals surface area contributed by atoms with Crippen LogP contribution in [0.1, 0.15) is 38.5 Å². The number of amides is 2. The van der Waals surface area contributed by atoms with E-state index in [1.165, 1.54) is 0 Å². The number of esters is 1. The number of methoxy groups -OCH3 is 1. The number of anilines is 1. The summed E-state index contributed by atoms with van der Waals surface area (Å²) in [5, 5.41) is 9.34. The quantitative estimate of drug-likeness (QED) is 0.226. The van der Waals surface area contributed by atoms with Gasteiger partial charge in [-0.15, -0.1) is 13.2 Å². The van der Waals surface area contributed by atoms with Crippen molar-refractivity contribution in [2.45, 2.75) is 56.3 Å². The summed E-state index contributed by atoms with van der Waals surface area (Å²) in [6.07, 6.45) is 6.44. The van der Waals surface area contributed by atoms with Crippen molar-refractivity contribution in [2.24, 2.45) is 11.8 Å². The fourth-order valence-electron chi connectivity index (χ4n) is 6.19. The average molecular weight is 527 g/mol. The molecule has 9 heteroatoms. The van der Waals surface area contributed by atoms with Crippen LogP contribution in [0.2, 0.25) is 0 Å². The Labute approximate surface area is 224 Å². The van der Waals surface area contributed by atoms with E-state index < -0.39 is 35.6 Å². The Balaban J connectivity index is 1.67. The minimum atomic E-state index is -1.10. The minimum absolute atomic E-state index is 0.0120. The number of aliphatic hydroxyl groups excluding tert-OH is 1. The Morgan fingerprint density at radius 1 is 1.21 bits per heavy atom. The molecule has 0 saturated carbocycles. The zero-order valence-electron chi connectivity index (χ0n) is 22.0. The number of carbonyl (C=O) groups excluding carboxylic acids is 3. The molecule has 3 fully saturated rings. The summed E-state index contributed by atoms with van der Waals surface area (Å²) >= 11 is 0. The van der Waals surface area contributed by atoms with E-state index in [1.54, 1.807) is 53.3 Å². The van der Waals surface area contributed by atoms with Gasteiger partial charge < -0.3 is 29.1 Å². The topological polar surface area (TPSA) is 106 Å². The molecule has 0 aliphatic carbocycles. The maximum Gasteiger partial charge on any atom is 0.312 e. The lowest BCUT2D eigenvalue weighted by Crippen LogP contribution is -2.56. The summed E-state index contributed by atoms with van der Waals surface area (Å²) in [6, 6.07) is 6.23.